The summed E-state index contributed by atoms with van der Waals surface area (Å²) in [7, 11) is -3.45. The molecule has 0 heterocycles. The van der Waals surface area contributed by atoms with Gasteiger partial charge in [-0.3, -0.25) is 0 Å². The summed E-state index contributed by atoms with van der Waals surface area (Å²) in [5.41, 5.74) is 1.31. The van der Waals surface area contributed by atoms with Crippen molar-refractivity contribution in [1.82, 2.24) is 0 Å². The van der Waals surface area contributed by atoms with Crippen molar-refractivity contribution in [3.8, 4) is 5.75 Å². The highest BCUT2D eigenvalue weighted by molar-refractivity contribution is 6.75. The molecule has 0 aliphatic heterocycles. The van der Waals surface area contributed by atoms with E-state index >= 15 is 0 Å². The molecular weight excluding hydrogens is 340 g/mol. The highest BCUT2D eigenvalue weighted by Crippen LogP contribution is 2.39. The van der Waals surface area contributed by atoms with Crippen molar-refractivity contribution in [2.45, 2.75) is 90.6 Å². The lowest BCUT2D eigenvalue weighted by Gasteiger charge is -2.37. The molecule has 0 aliphatic rings. The minimum atomic E-state index is -1.80. The van der Waals surface area contributed by atoms with Gasteiger partial charge in [0.25, 0.3) is 0 Å². The average Bonchev–Trinajstić information content (AvgIpc) is 2.42. The fourth-order valence-electron chi connectivity index (χ4n) is 2.04. The van der Waals surface area contributed by atoms with Crippen LogP contribution < -0.4 is 4.43 Å². The average molecular weight is 381 g/mol. The summed E-state index contributed by atoms with van der Waals surface area (Å²) in [6, 6.07) is 8.53. The topological polar surface area (TPSA) is 18.5 Å². The smallest absolute Gasteiger partial charge is 0.250 e. The lowest BCUT2D eigenvalue weighted by atomic mass is 10.1. The normalized spacial score (nSPS) is 13.8. The second kappa shape index (κ2) is 7.97. The zero-order chi connectivity index (χ0) is 19.5. The van der Waals surface area contributed by atoms with E-state index in [0.29, 0.717) is 0 Å². The van der Waals surface area contributed by atoms with Gasteiger partial charge in [0.2, 0.25) is 8.32 Å². The lowest BCUT2D eigenvalue weighted by Crippen LogP contribution is -2.44. The largest absolute Gasteiger partial charge is 0.543 e. The Kier molecular flexibility index (Phi) is 7.16. The van der Waals surface area contributed by atoms with Crippen LogP contribution in [0.25, 0.3) is 0 Å². The predicted octanol–water partition coefficient (Wildman–Crippen LogP) is 7.03. The quantitative estimate of drug-likeness (QED) is 0.373. The molecule has 1 rings (SSSR count). The molecule has 144 valence electrons. The van der Waals surface area contributed by atoms with E-state index in [-0.39, 0.29) is 10.1 Å². The Morgan fingerprint density at radius 3 is 1.84 bits per heavy atom. The van der Waals surface area contributed by atoms with Gasteiger partial charge >= 0.3 is 0 Å². The van der Waals surface area contributed by atoms with Gasteiger partial charge in [-0.15, -0.1) is 0 Å². The number of benzene rings is 1. The predicted molar refractivity (Wildman–Crippen MR) is 116 cm³/mol. The maximum atomic E-state index is 6.56. The van der Waals surface area contributed by atoms with Gasteiger partial charge in [-0.05, 0) is 60.7 Å². The van der Waals surface area contributed by atoms with E-state index in [9.17, 15) is 0 Å². The van der Waals surface area contributed by atoms with Crippen molar-refractivity contribution in [2.24, 2.45) is 0 Å². The number of para-hydroxylation sites is 1. The Morgan fingerprint density at radius 2 is 1.32 bits per heavy atom. The van der Waals surface area contributed by atoms with Crippen molar-refractivity contribution < 1.29 is 8.85 Å². The Labute approximate surface area is 158 Å². The van der Waals surface area contributed by atoms with E-state index in [2.05, 4.69) is 92.0 Å². The van der Waals surface area contributed by atoms with Crippen molar-refractivity contribution in [2.75, 3.05) is 6.61 Å². The minimum absolute atomic E-state index is 0.214. The van der Waals surface area contributed by atoms with Crippen LogP contribution in [-0.2, 0) is 10.8 Å². The Morgan fingerprint density at radius 1 is 0.800 bits per heavy atom. The number of rotatable bonds is 7. The summed E-state index contributed by atoms with van der Waals surface area (Å²) >= 11 is 0. The van der Waals surface area contributed by atoms with Crippen LogP contribution in [0.4, 0.5) is 0 Å². The third-order valence-electron chi connectivity index (χ3n) is 6.00. The molecule has 0 saturated heterocycles. The zero-order valence-corrected chi connectivity index (χ0v) is 20.2. The van der Waals surface area contributed by atoms with Crippen LogP contribution in [0.5, 0.6) is 5.75 Å². The van der Waals surface area contributed by atoms with Gasteiger partial charge in [0.15, 0.2) is 8.32 Å². The van der Waals surface area contributed by atoms with Crippen LogP contribution in [0.2, 0.25) is 36.3 Å². The maximum absolute atomic E-state index is 6.56. The highest BCUT2D eigenvalue weighted by Gasteiger charge is 2.39. The molecular formula is C21H40O2Si2. The summed E-state index contributed by atoms with van der Waals surface area (Å²) in [5.74, 6) is 1.07. The fourth-order valence-corrected chi connectivity index (χ4v) is 4.19. The first-order valence-electron chi connectivity index (χ1n) is 9.58. The molecule has 0 bridgehead atoms. The van der Waals surface area contributed by atoms with Gasteiger partial charge in [0.05, 0.1) is 0 Å². The van der Waals surface area contributed by atoms with E-state index in [1.165, 1.54) is 5.56 Å². The monoisotopic (exact) mass is 380 g/mol. The molecule has 1 aromatic carbocycles. The number of hydrogen-bond acceptors (Lipinski definition) is 2. The van der Waals surface area contributed by atoms with E-state index in [1.807, 2.05) is 0 Å². The van der Waals surface area contributed by atoms with Crippen molar-refractivity contribution in [3.05, 3.63) is 29.8 Å². The van der Waals surface area contributed by atoms with Crippen LogP contribution in [0, 0.1) is 0 Å². The molecule has 2 nitrogen and oxygen atoms in total. The summed E-state index contributed by atoms with van der Waals surface area (Å²) < 4.78 is 12.9. The highest BCUT2D eigenvalue weighted by atomic mass is 28.4. The molecule has 25 heavy (non-hydrogen) atoms. The minimum Gasteiger partial charge on any atom is -0.543 e. The molecule has 0 aliphatic carbocycles. The second-order valence-electron chi connectivity index (χ2n) is 10.2. The van der Waals surface area contributed by atoms with Gasteiger partial charge in [0, 0.05) is 6.61 Å². The van der Waals surface area contributed by atoms with Crippen LogP contribution in [-0.4, -0.2) is 23.2 Å². The summed E-state index contributed by atoms with van der Waals surface area (Å²) in [6.45, 7) is 23.8. The first-order valence-corrected chi connectivity index (χ1v) is 15.4. The SMILES string of the molecule is CC(C)(C)[Si](C)(C)OCCCc1ccccc1O[Si](C)(C)C(C)(C)C. The van der Waals surface area contributed by atoms with E-state index in [1.54, 1.807) is 0 Å². The van der Waals surface area contributed by atoms with Gasteiger partial charge in [-0.1, -0.05) is 59.7 Å². The first kappa shape index (κ1) is 22.5. The Hall–Kier alpha value is -0.586. The number of hydrogen-bond donors (Lipinski definition) is 0. The van der Waals surface area contributed by atoms with Crippen LogP contribution in [0.1, 0.15) is 53.5 Å². The van der Waals surface area contributed by atoms with E-state index in [4.69, 9.17) is 8.85 Å². The van der Waals surface area contributed by atoms with Crippen LogP contribution in [0.3, 0.4) is 0 Å². The Bertz CT molecular complexity index is 552. The molecule has 0 atom stereocenters. The molecule has 0 aromatic heterocycles. The van der Waals surface area contributed by atoms with Gasteiger partial charge in [0.1, 0.15) is 5.75 Å². The molecule has 1 aromatic rings. The molecule has 0 amide bonds. The molecule has 0 spiro atoms. The van der Waals surface area contributed by atoms with Crippen LogP contribution in [0.15, 0.2) is 24.3 Å². The first-order chi connectivity index (χ1) is 11.2. The van der Waals surface area contributed by atoms with E-state index in [0.717, 1.165) is 25.2 Å². The molecule has 0 radical (unpaired) electrons. The zero-order valence-electron chi connectivity index (χ0n) is 18.2. The standard InChI is InChI=1S/C21H40O2Si2/c1-20(2,3)24(7,8)22-17-13-15-18-14-11-12-16-19(18)23-25(9,10)21(4,5)6/h11-12,14,16H,13,15,17H2,1-10H3. The fraction of sp³-hybridized carbons (Fsp3) is 0.714. The Balaban J connectivity index is 2.70. The van der Waals surface area contributed by atoms with Gasteiger partial charge in [-0.25, -0.2) is 0 Å². The summed E-state index contributed by atoms with van der Waals surface area (Å²) in [4.78, 5) is 0. The summed E-state index contributed by atoms with van der Waals surface area (Å²) in [6.07, 6.45) is 2.06. The van der Waals surface area contributed by atoms with Gasteiger partial charge in [-0.2, -0.15) is 0 Å². The van der Waals surface area contributed by atoms with Gasteiger partial charge < -0.3 is 8.85 Å². The van der Waals surface area contributed by atoms with Crippen molar-refractivity contribution >= 4 is 16.6 Å². The number of aryl methyl sites for hydroxylation is 1. The molecule has 4 heteroatoms. The molecule has 0 unspecified atom stereocenters. The molecule has 0 saturated carbocycles. The van der Waals surface area contributed by atoms with E-state index < -0.39 is 16.6 Å². The maximum Gasteiger partial charge on any atom is 0.250 e. The second-order valence-corrected chi connectivity index (χ2v) is 19.7. The van der Waals surface area contributed by atoms with Crippen LogP contribution >= 0.6 is 0 Å². The molecule has 0 N–H and O–H groups in total. The summed E-state index contributed by atoms with van der Waals surface area (Å²) in [5, 5.41) is 0.488. The van der Waals surface area contributed by atoms with Crippen molar-refractivity contribution in [3.63, 3.8) is 0 Å². The third kappa shape index (κ3) is 6.26. The molecule has 0 fully saturated rings. The third-order valence-corrected chi connectivity index (χ3v) is 14.9. The van der Waals surface area contributed by atoms with Crippen molar-refractivity contribution in [1.29, 1.82) is 0 Å². The lowest BCUT2D eigenvalue weighted by molar-refractivity contribution is 0.282.